The molecule has 6 rings (SSSR count). The summed E-state index contributed by atoms with van der Waals surface area (Å²) in [6, 6.07) is 35.2. The van der Waals surface area contributed by atoms with Gasteiger partial charge in [0.2, 0.25) is 0 Å². The van der Waals surface area contributed by atoms with E-state index in [2.05, 4.69) is 172 Å². The van der Waals surface area contributed by atoms with Crippen molar-refractivity contribution in [2.75, 3.05) is 0 Å². The standard InChI is InChI=1S/C21H25.C15H14.C10H15.Zr/c1-20(2,3)16-9-7-14-11-15-8-10-17(21(4,5)6)13-19(15)18(14)12-16;1-3-8-14(9-4-1)12-7-13-15-10-5-2-6-11-15;1-8-5-6-9(7-8)10(2,3)4;/h7,9-10,12-13H,11H2,1-6H3;1-6,8-11H,12-13H2;6-8H,1-4H3;. The van der Waals surface area contributed by atoms with Crippen molar-refractivity contribution in [3.05, 3.63) is 145 Å². The quantitative estimate of drug-likeness (QED) is 0.166. The molecule has 0 heterocycles. The van der Waals surface area contributed by atoms with E-state index in [0.717, 1.165) is 19.3 Å². The molecule has 0 aliphatic heterocycles. The summed E-state index contributed by atoms with van der Waals surface area (Å²) in [5.74, 6) is 0.463. The molecule has 0 nitrogen and oxygen atoms in total. The molecule has 242 valence electrons. The Morgan fingerprint density at radius 2 is 1.19 bits per heavy atom. The van der Waals surface area contributed by atoms with Gasteiger partial charge in [0.15, 0.2) is 0 Å². The Kier molecular flexibility index (Phi) is 9.30. The molecule has 0 amide bonds. The molecule has 1 heteroatoms. The third-order valence-corrected chi connectivity index (χ3v) is 18.2. The van der Waals surface area contributed by atoms with Crippen molar-refractivity contribution in [1.29, 1.82) is 0 Å². The minimum atomic E-state index is -2.73. The molecule has 2 aliphatic carbocycles. The van der Waals surface area contributed by atoms with Crippen LogP contribution in [0.1, 0.15) is 103 Å². The Morgan fingerprint density at radius 1 is 0.638 bits per heavy atom. The Balaban J connectivity index is 1.68. The molecular weight excluding hydrogens is 644 g/mol. The second kappa shape index (κ2) is 12.9. The minimum absolute atomic E-state index is 0.0615. The summed E-state index contributed by atoms with van der Waals surface area (Å²) < 4.78 is 5.25. The number of benzene rings is 4. The average molecular weight is 698 g/mol. The van der Waals surface area contributed by atoms with Crippen molar-refractivity contribution in [2.45, 2.75) is 99.3 Å². The zero-order valence-electron chi connectivity index (χ0n) is 30.5. The zero-order chi connectivity index (χ0) is 33.7. The Hall–Kier alpha value is -2.89. The molecule has 0 saturated heterocycles. The second-order valence-corrected chi connectivity index (χ2v) is 23.5. The third-order valence-electron chi connectivity index (χ3n) is 10.3. The normalized spacial score (nSPS) is 16.0. The van der Waals surface area contributed by atoms with Crippen LogP contribution in [0.3, 0.4) is 0 Å². The Bertz CT molecular complexity index is 1830. The van der Waals surface area contributed by atoms with Crippen LogP contribution >= 0.6 is 0 Å². The number of allylic oxidation sites excluding steroid dienone is 4. The fourth-order valence-electron chi connectivity index (χ4n) is 7.34. The molecule has 1 atom stereocenters. The van der Waals surface area contributed by atoms with Crippen LogP contribution in [0.4, 0.5) is 0 Å². The van der Waals surface area contributed by atoms with Gasteiger partial charge in [-0.05, 0) is 0 Å². The van der Waals surface area contributed by atoms with Crippen molar-refractivity contribution < 1.29 is 21.3 Å². The van der Waals surface area contributed by atoms with Crippen LogP contribution < -0.4 is 3.27 Å². The maximum atomic E-state index is 2.70. The van der Waals surface area contributed by atoms with E-state index in [1.807, 2.05) is 0 Å². The Labute approximate surface area is 293 Å². The first-order valence-corrected chi connectivity index (χ1v) is 21.3. The summed E-state index contributed by atoms with van der Waals surface area (Å²) in [7, 11) is 0. The second-order valence-electron chi connectivity index (χ2n) is 17.2. The van der Waals surface area contributed by atoms with Crippen molar-refractivity contribution in [1.82, 2.24) is 0 Å². The van der Waals surface area contributed by atoms with Gasteiger partial charge in [-0.2, -0.15) is 0 Å². The summed E-state index contributed by atoms with van der Waals surface area (Å²) in [5, 5.41) is 0. The molecule has 0 radical (unpaired) electrons. The SMILES string of the molecule is CC1C=C(C(C)(C)C)C=[C]1[Zr](=[C](Cc1ccccc1)Cc1ccccc1)[c]1cc(C(C)(C)C)cc2c1Cc1ccc(C(C)(C)C)cc1-2. The summed E-state index contributed by atoms with van der Waals surface area (Å²) in [6.45, 7) is 23.9. The van der Waals surface area contributed by atoms with E-state index in [9.17, 15) is 0 Å². The molecule has 0 spiro atoms. The summed E-state index contributed by atoms with van der Waals surface area (Å²) in [6.07, 6.45) is 8.41. The van der Waals surface area contributed by atoms with Gasteiger partial charge in [-0.3, -0.25) is 0 Å². The van der Waals surface area contributed by atoms with Gasteiger partial charge in [0.05, 0.1) is 0 Å². The van der Waals surface area contributed by atoms with Gasteiger partial charge in [-0.25, -0.2) is 0 Å². The van der Waals surface area contributed by atoms with Gasteiger partial charge in [-0.15, -0.1) is 0 Å². The van der Waals surface area contributed by atoms with E-state index in [4.69, 9.17) is 0 Å². The van der Waals surface area contributed by atoms with E-state index >= 15 is 0 Å². The van der Waals surface area contributed by atoms with Crippen molar-refractivity contribution in [2.24, 2.45) is 11.3 Å². The van der Waals surface area contributed by atoms with Crippen molar-refractivity contribution >= 4 is 6.48 Å². The molecule has 47 heavy (non-hydrogen) atoms. The molecule has 2 aliphatic rings. The van der Waals surface area contributed by atoms with Crippen LogP contribution in [0, 0.1) is 11.3 Å². The van der Waals surface area contributed by atoms with Crippen LogP contribution in [-0.4, -0.2) is 3.21 Å². The van der Waals surface area contributed by atoms with Crippen LogP contribution in [0.2, 0.25) is 0 Å². The van der Waals surface area contributed by atoms with E-state index in [0.29, 0.717) is 5.92 Å². The van der Waals surface area contributed by atoms with Gasteiger partial charge in [0.1, 0.15) is 0 Å². The summed E-state index contributed by atoms with van der Waals surface area (Å²) in [5.41, 5.74) is 13.7. The summed E-state index contributed by atoms with van der Waals surface area (Å²) >= 11 is -2.73. The summed E-state index contributed by atoms with van der Waals surface area (Å²) in [4.78, 5) is 0. The third kappa shape index (κ3) is 7.27. The van der Waals surface area contributed by atoms with Gasteiger partial charge >= 0.3 is 295 Å². The predicted molar refractivity (Wildman–Crippen MR) is 202 cm³/mol. The zero-order valence-corrected chi connectivity index (χ0v) is 33.0. The number of fused-ring (bicyclic) bond motifs is 3. The van der Waals surface area contributed by atoms with Gasteiger partial charge in [0, 0.05) is 0 Å². The molecule has 0 bridgehead atoms. The topological polar surface area (TPSA) is 0 Å². The molecular formula is C46H54Zr. The Morgan fingerprint density at radius 3 is 1.70 bits per heavy atom. The van der Waals surface area contributed by atoms with E-state index in [-0.39, 0.29) is 16.2 Å². The van der Waals surface area contributed by atoms with E-state index in [1.165, 1.54) is 44.5 Å². The van der Waals surface area contributed by atoms with Gasteiger partial charge in [-0.1, -0.05) is 0 Å². The number of hydrogen-bond acceptors (Lipinski definition) is 0. The molecule has 1 unspecified atom stereocenters. The van der Waals surface area contributed by atoms with Crippen molar-refractivity contribution in [3.63, 3.8) is 0 Å². The first kappa shape index (κ1) is 34.0. The molecule has 4 aromatic carbocycles. The first-order valence-electron chi connectivity index (χ1n) is 17.7. The van der Waals surface area contributed by atoms with Crippen LogP contribution in [0.15, 0.2) is 112 Å². The monoisotopic (exact) mass is 696 g/mol. The fraction of sp³-hybridized carbons (Fsp3) is 0.370. The molecule has 4 aromatic rings. The van der Waals surface area contributed by atoms with Crippen LogP contribution in [-0.2, 0) is 51.4 Å². The number of rotatable bonds is 6. The number of hydrogen-bond donors (Lipinski definition) is 0. The van der Waals surface area contributed by atoms with Gasteiger partial charge < -0.3 is 0 Å². The van der Waals surface area contributed by atoms with Crippen molar-refractivity contribution in [3.8, 4) is 11.1 Å². The maximum absolute atomic E-state index is 2.73. The van der Waals surface area contributed by atoms with Crippen LogP contribution in [0.5, 0.6) is 0 Å². The molecule has 0 N–H and O–H groups in total. The molecule has 0 aromatic heterocycles. The molecule has 0 fully saturated rings. The first-order chi connectivity index (χ1) is 22.1. The van der Waals surface area contributed by atoms with E-state index < -0.39 is 21.3 Å². The molecule has 0 saturated carbocycles. The van der Waals surface area contributed by atoms with Crippen LogP contribution in [0.25, 0.3) is 11.1 Å². The predicted octanol–water partition coefficient (Wildman–Crippen LogP) is 11.3. The van der Waals surface area contributed by atoms with Gasteiger partial charge in [0.25, 0.3) is 0 Å². The average Bonchev–Trinajstić information content (AvgIpc) is 3.58. The fourth-order valence-corrected chi connectivity index (χ4v) is 16.0. The van der Waals surface area contributed by atoms with E-state index in [1.54, 1.807) is 15.3 Å².